The van der Waals surface area contributed by atoms with Gasteiger partial charge in [-0.05, 0) is 50.9 Å². The molecule has 0 aliphatic heterocycles. The number of aliphatic hydroxyl groups excluding tert-OH is 1. The molecule has 0 aromatic heterocycles. The molecule has 1 fully saturated rings. The lowest BCUT2D eigenvalue weighted by atomic mass is 9.68. The van der Waals surface area contributed by atoms with E-state index in [1.807, 2.05) is 13.0 Å². The lowest BCUT2D eigenvalue weighted by Gasteiger charge is -2.46. The van der Waals surface area contributed by atoms with Gasteiger partial charge in [-0.1, -0.05) is 19.9 Å². The first kappa shape index (κ1) is 14.7. The highest BCUT2D eigenvalue weighted by atomic mass is 16.5. The minimum Gasteiger partial charge on any atom is -0.390 e. The van der Waals surface area contributed by atoms with E-state index in [0.717, 1.165) is 38.5 Å². The van der Waals surface area contributed by atoms with Crippen molar-refractivity contribution in [3.05, 3.63) is 12.7 Å². The summed E-state index contributed by atoms with van der Waals surface area (Å²) in [5, 5.41) is 10.4. The zero-order valence-corrected chi connectivity index (χ0v) is 11.7. The zero-order valence-electron chi connectivity index (χ0n) is 11.7. The second-order valence-corrected chi connectivity index (χ2v) is 6.04. The van der Waals surface area contributed by atoms with Crippen molar-refractivity contribution in [1.82, 2.24) is 0 Å². The molecule has 17 heavy (non-hydrogen) atoms. The minimum atomic E-state index is -0.350. The van der Waals surface area contributed by atoms with Crippen LogP contribution in [0, 0.1) is 5.41 Å². The van der Waals surface area contributed by atoms with Gasteiger partial charge < -0.3 is 9.84 Å². The van der Waals surface area contributed by atoms with Crippen molar-refractivity contribution in [2.24, 2.45) is 5.41 Å². The summed E-state index contributed by atoms with van der Waals surface area (Å²) in [5.74, 6) is 0. The summed E-state index contributed by atoms with van der Waals surface area (Å²) in [5.41, 5.74) is 0.103. The van der Waals surface area contributed by atoms with E-state index in [4.69, 9.17) is 4.74 Å². The van der Waals surface area contributed by atoms with E-state index in [1.54, 1.807) is 0 Å². The highest BCUT2D eigenvalue weighted by Gasteiger charge is 2.43. The smallest absolute Gasteiger partial charge is 0.0940 e. The van der Waals surface area contributed by atoms with Crippen molar-refractivity contribution in [2.75, 3.05) is 6.61 Å². The summed E-state index contributed by atoms with van der Waals surface area (Å²) in [4.78, 5) is 0. The fourth-order valence-corrected chi connectivity index (χ4v) is 2.75. The van der Waals surface area contributed by atoms with E-state index in [2.05, 4.69) is 20.4 Å². The molecule has 1 saturated carbocycles. The number of rotatable bonds is 6. The van der Waals surface area contributed by atoms with Crippen LogP contribution in [0.15, 0.2) is 12.7 Å². The maximum absolute atomic E-state index is 10.4. The van der Waals surface area contributed by atoms with Crippen molar-refractivity contribution in [2.45, 2.75) is 71.0 Å². The van der Waals surface area contributed by atoms with Gasteiger partial charge in [0.25, 0.3) is 0 Å². The van der Waals surface area contributed by atoms with Crippen LogP contribution in [0.2, 0.25) is 0 Å². The van der Waals surface area contributed by atoms with Gasteiger partial charge in [-0.3, -0.25) is 0 Å². The average molecular weight is 240 g/mol. The van der Waals surface area contributed by atoms with Crippen molar-refractivity contribution in [3.63, 3.8) is 0 Å². The Kier molecular flexibility index (Phi) is 5.21. The fraction of sp³-hybridized carbons (Fsp3) is 0.867. The lowest BCUT2D eigenvalue weighted by Crippen LogP contribution is -2.49. The van der Waals surface area contributed by atoms with Crippen molar-refractivity contribution in [1.29, 1.82) is 0 Å². The summed E-state index contributed by atoms with van der Waals surface area (Å²) in [6, 6.07) is 0. The number of aliphatic hydroxyl groups is 1. The molecule has 1 N–H and O–H groups in total. The molecule has 0 aromatic carbocycles. The summed E-state index contributed by atoms with van der Waals surface area (Å²) in [6.45, 7) is 11.0. The molecule has 100 valence electrons. The van der Waals surface area contributed by atoms with Crippen molar-refractivity contribution in [3.8, 4) is 0 Å². The number of hydrogen-bond donors (Lipinski definition) is 1. The molecule has 0 heterocycles. The largest absolute Gasteiger partial charge is 0.390 e. The normalized spacial score (nSPS) is 24.2. The third kappa shape index (κ3) is 3.82. The highest BCUT2D eigenvalue weighted by Crippen LogP contribution is 2.44. The summed E-state index contributed by atoms with van der Waals surface area (Å²) < 4.78 is 5.94. The first-order valence-corrected chi connectivity index (χ1v) is 6.89. The minimum absolute atomic E-state index is 0.298. The average Bonchev–Trinajstić information content (AvgIpc) is 2.29. The van der Waals surface area contributed by atoms with Crippen LogP contribution in [0.4, 0.5) is 0 Å². The first-order valence-electron chi connectivity index (χ1n) is 6.89. The van der Waals surface area contributed by atoms with E-state index in [9.17, 15) is 5.11 Å². The molecular formula is C15H28O2. The second-order valence-electron chi connectivity index (χ2n) is 6.04. The molecule has 0 spiro atoms. The predicted molar refractivity (Wildman–Crippen MR) is 72.0 cm³/mol. The molecule has 0 amide bonds. The van der Waals surface area contributed by atoms with Gasteiger partial charge in [0.15, 0.2) is 0 Å². The molecule has 0 radical (unpaired) electrons. The van der Waals surface area contributed by atoms with Crippen LogP contribution in [0.25, 0.3) is 0 Å². The molecule has 1 unspecified atom stereocenters. The van der Waals surface area contributed by atoms with Crippen molar-refractivity contribution >= 4 is 0 Å². The molecule has 1 aliphatic rings. The zero-order chi connectivity index (χ0) is 12.9. The Labute approximate surface area is 106 Å². The van der Waals surface area contributed by atoms with Gasteiger partial charge >= 0.3 is 0 Å². The van der Waals surface area contributed by atoms with Gasteiger partial charge in [0.05, 0.1) is 11.7 Å². The molecule has 2 heteroatoms. The van der Waals surface area contributed by atoms with E-state index in [-0.39, 0.29) is 11.7 Å². The fourth-order valence-electron chi connectivity index (χ4n) is 2.75. The monoisotopic (exact) mass is 240 g/mol. The molecule has 2 nitrogen and oxygen atoms in total. The van der Waals surface area contributed by atoms with Crippen LogP contribution in [0.5, 0.6) is 0 Å². The summed E-state index contributed by atoms with van der Waals surface area (Å²) in [7, 11) is 0. The van der Waals surface area contributed by atoms with Gasteiger partial charge in [-0.25, -0.2) is 0 Å². The maximum atomic E-state index is 10.4. The molecular weight excluding hydrogens is 212 g/mol. The first-order chi connectivity index (χ1) is 7.96. The lowest BCUT2D eigenvalue weighted by molar-refractivity contribution is -0.152. The molecule has 0 bridgehead atoms. The van der Waals surface area contributed by atoms with Crippen LogP contribution >= 0.6 is 0 Å². The van der Waals surface area contributed by atoms with Gasteiger partial charge in [0, 0.05) is 6.61 Å². The Morgan fingerprint density at radius 2 is 1.88 bits per heavy atom. The van der Waals surface area contributed by atoms with E-state index in [0.29, 0.717) is 12.0 Å². The predicted octanol–water partition coefficient (Wildman–Crippen LogP) is 3.69. The van der Waals surface area contributed by atoms with Crippen molar-refractivity contribution < 1.29 is 9.84 Å². The maximum Gasteiger partial charge on any atom is 0.0940 e. The third-order valence-electron chi connectivity index (χ3n) is 4.13. The Balaban J connectivity index is 2.66. The number of ether oxygens (including phenoxy) is 1. The van der Waals surface area contributed by atoms with E-state index in [1.165, 1.54) is 0 Å². The number of hydrogen-bond acceptors (Lipinski definition) is 2. The van der Waals surface area contributed by atoms with Gasteiger partial charge in [-0.15, -0.1) is 6.58 Å². The van der Waals surface area contributed by atoms with Crippen LogP contribution in [0.1, 0.15) is 59.3 Å². The quantitative estimate of drug-likeness (QED) is 0.717. The molecule has 0 aromatic rings. The van der Waals surface area contributed by atoms with Crippen LogP contribution in [-0.4, -0.2) is 23.4 Å². The van der Waals surface area contributed by atoms with E-state index >= 15 is 0 Å². The summed E-state index contributed by atoms with van der Waals surface area (Å²) in [6.07, 6.45) is 7.38. The SMILES string of the molecule is C=CCCC(O)C1(OCC)CCC(C)(C)CC1. The second kappa shape index (κ2) is 6.01. The summed E-state index contributed by atoms with van der Waals surface area (Å²) >= 11 is 0. The Bertz CT molecular complexity index is 235. The van der Waals surface area contributed by atoms with Gasteiger partial charge in [0.2, 0.25) is 0 Å². The van der Waals surface area contributed by atoms with Crippen LogP contribution < -0.4 is 0 Å². The van der Waals surface area contributed by atoms with Crippen LogP contribution in [0.3, 0.4) is 0 Å². The Hall–Kier alpha value is -0.340. The molecule has 1 rings (SSSR count). The van der Waals surface area contributed by atoms with Gasteiger partial charge in [-0.2, -0.15) is 0 Å². The standard InChI is InChI=1S/C15H28O2/c1-5-7-8-13(16)15(17-6-2)11-9-14(3,4)10-12-15/h5,13,16H,1,6-12H2,2-4H3. The topological polar surface area (TPSA) is 29.5 Å². The highest BCUT2D eigenvalue weighted by molar-refractivity contribution is 4.96. The molecule has 1 atom stereocenters. The third-order valence-corrected chi connectivity index (χ3v) is 4.13. The van der Waals surface area contributed by atoms with E-state index < -0.39 is 0 Å². The van der Waals surface area contributed by atoms with Gasteiger partial charge in [0.1, 0.15) is 0 Å². The molecule has 1 aliphatic carbocycles. The Morgan fingerprint density at radius 3 is 2.35 bits per heavy atom. The number of allylic oxidation sites excluding steroid dienone is 1. The molecule has 0 saturated heterocycles. The Morgan fingerprint density at radius 1 is 1.29 bits per heavy atom. The van der Waals surface area contributed by atoms with Crippen LogP contribution in [-0.2, 0) is 4.74 Å².